The summed E-state index contributed by atoms with van der Waals surface area (Å²) in [5, 5.41) is 7.77. The van der Waals surface area contributed by atoms with Gasteiger partial charge in [0.25, 0.3) is 0 Å². The van der Waals surface area contributed by atoms with E-state index in [1.807, 2.05) is 60.9 Å². The second-order valence-corrected chi connectivity index (χ2v) is 20.9. The van der Waals surface area contributed by atoms with Crippen LogP contribution in [-0.2, 0) is 13.6 Å². The molecule has 39 heavy (non-hydrogen) atoms. The Hall–Kier alpha value is 0.350. The Labute approximate surface area is 262 Å². The predicted molar refractivity (Wildman–Crippen MR) is 189 cm³/mol. The summed E-state index contributed by atoms with van der Waals surface area (Å²) < 4.78 is 32.4. The van der Waals surface area contributed by atoms with E-state index in [4.69, 9.17) is 9.05 Å². The zero-order valence-corrected chi connectivity index (χ0v) is 29.0. The predicted octanol–water partition coefficient (Wildman–Crippen LogP) is 10.1. The highest BCUT2D eigenvalue weighted by Gasteiger charge is 2.45. The molecule has 0 saturated carbocycles. The minimum absolute atomic E-state index is 0.253. The van der Waals surface area contributed by atoms with E-state index in [1.165, 1.54) is 57.4 Å². The van der Waals surface area contributed by atoms with Gasteiger partial charge in [0.05, 0.1) is 38.6 Å². The third kappa shape index (κ3) is 5.46. The lowest BCUT2D eigenvalue weighted by atomic mass is 9.99. The maximum absolute atomic E-state index is 13.4. The summed E-state index contributed by atoms with van der Waals surface area (Å²) in [6.07, 6.45) is 4.34. The molecule has 0 bridgehead atoms. The van der Waals surface area contributed by atoms with Crippen molar-refractivity contribution in [3.05, 3.63) is 75.9 Å². The Bertz CT molecular complexity index is 1610. The molecule has 0 radical (unpaired) electrons. The quantitative estimate of drug-likeness (QED) is 0.176. The summed E-state index contributed by atoms with van der Waals surface area (Å²) in [4.78, 5) is 0. The SMILES string of the molecule is CCOP(=O)(OCC)C1SC2=C(SC(=c3c4ccccc4c(=C4SC(SC)=C(SC)S4)c4ccccc34)S2)S1. The van der Waals surface area contributed by atoms with Crippen molar-refractivity contribution in [3.63, 3.8) is 0 Å². The number of hydrogen-bond acceptors (Lipinski definition) is 11. The Balaban J connectivity index is 1.49. The molecular weight excluding hydrogens is 660 g/mol. The van der Waals surface area contributed by atoms with Crippen molar-refractivity contribution in [3.8, 4) is 0 Å². The van der Waals surface area contributed by atoms with Crippen LogP contribution in [0.25, 0.3) is 30.0 Å². The zero-order chi connectivity index (χ0) is 27.1. The van der Waals surface area contributed by atoms with Gasteiger partial charge in [-0.2, -0.15) is 0 Å². The van der Waals surface area contributed by atoms with Gasteiger partial charge in [-0.3, -0.25) is 4.57 Å². The molecule has 0 atom stereocenters. The third-order valence-corrected chi connectivity index (χ3v) is 20.7. The highest BCUT2D eigenvalue weighted by atomic mass is 32.3. The van der Waals surface area contributed by atoms with Gasteiger partial charge in [0.15, 0.2) is 4.32 Å². The van der Waals surface area contributed by atoms with Crippen LogP contribution in [-0.4, -0.2) is 30.0 Å². The molecule has 0 aromatic heterocycles. The van der Waals surface area contributed by atoms with Gasteiger partial charge in [0.2, 0.25) is 0 Å². The van der Waals surface area contributed by atoms with Crippen LogP contribution >= 0.6 is 102 Å². The second kappa shape index (κ2) is 12.5. The van der Waals surface area contributed by atoms with Gasteiger partial charge >= 0.3 is 7.60 Å². The molecule has 3 heterocycles. The van der Waals surface area contributed by atoms with Crippen LogP contribution in [0.5, 0.6) is 0 Å². The fourth-order valence-electron chi connectivity index (χ4n) is 4.57. The summed E-state index contributed by atoms with van der Waals surface area (Å²) in [6.45, 7) is 4.49. The summed E-state index contributed by atoms with van der Waals surface area (Å²) in [5.41, 5.74) is 0. The van der Waals surface area contributed by atoms with Gasteiger partial charge in [-0.1, -0.05) is 119 Å². The van der Waals surface area contributed by atoms with E-state index in [9.17, 15) is 4.57 Å². The van der Waals surface area contributed by atoms with E-state index in [2.05, 4.69) is 61.0 Å². The van der Waals surface area contributed by atoms with Crippen LogP contribution in [0.1, 0.15) is 13.8 Å². The lowest BCUT2D eigenvalue weighted by Gasteiger charge is -2.22. The van der Waals surface area contributed by atoms with Crippen molar-refractivity contribution in [1.29, 1.82) is 0 Å². The molecule has 3 aromatic carbocycles. The van der Waals surface area contributed by atoms with Crippen LogP contribution < -0.4 is 10.4 Å². The second-order valence-electron chi connectivity index (χ2n) is 8.30. The Morgan fingerprint density at radius 2 is 1.05 bits per heavy atom. The highest BCUT2D eigenvalue weighted by Crippen LogP contribution is 2.74. The average Bonchev–Trinajstić information content (AvgIpc) is 3.65. The van der Waals surface area contributed by atoms with Gasteiger partial charge in [-0.05, 0) is 47.9 Å². The van der Waals surface area contributed by atoms with Gasteiger partial charge in [-0.15, -0.1) is 23.5 Å². The summed E-state index contributed by atoms with van der Waals surface area (Å²) in [5.74, 6) is 0. The number of thioether (sulfide) groups is 8. The maximum atomic E-state index is 13.4. The van der Waals surface area contributed by atoms with E-state index in [0.717, 1.165) is 0 Å². The first kappa shape index (κ1) is 29.4. The van der Waals surface area contributed by atoms with Crippen LogP contribution in [0.3, 0.4) is 0 Å². The van der Waals surface area contributed by atoms with E-state index in [0.29, 0.717) is 13.2 Å². The molecule has 3 aliphatic rings. The Morgan fingerprint density at radius 1 is 0.667 bits per heavy atom. The maximum Gasteiger partial charge on any atom is 0.354 e. The normalized spacial score (nSPS) is 18.5. The van der Waals surface area contributed by atoms with Crippen LogP contribution in [0.15, 0.2) is 65.5 Å². The molecule has 3 aliphatic heterocycles. The molecule has 12 heteroatoms. The Kier molecular flexibility index (Phi) is 9.45. The van der Waals surface area contributed by atoms with Crippen LogP contribution in [0.4, 0.5) is 0 Å². The van der Waals surface area contributed by atoms with Crippen molar-refractivity contribution in [2.75, 3.05) is 25.7 Å². The van der Waals surface area contributed by atoms with Crippen LogP contribution in [0, 0.1) is 0 Å². The number of fused-ring (bicyclic) bond motifs is 2. The first-order valence-corrected chi connectivity index (χ1v) is 21.3. The fourth-order valence-corrected chi connectivity index (χ4v) is 19.9. The van der Waals surface area contributed by atoms with Gasteiger partial charge in [0.1, 0.15) is 0 Å². The summed E-state index contributed by atoms with van der Waals surface area (Å²) >= 11 is 14.4. The molecule has 6 rings (SSSR count). The molecule has 3 aromatic rings. The van der Waals surface area contributed by atoms with Crippen molar-refractivity contribution in [2.24, 2.45) is 0 Å². The van der Waals surface area contributed by atoms with Crippen molar-refractivity contribution in [1.82, 2.24) is 0 Å². The number of hydrogen-bond donors (Lipinski definition) is 0. The molecular formula is C27H25O3PS8. The Morgan fingerprint density at radius 3 is 1.41 bits per heavy atom. The van der Waals surface area contributed by atoms with E-state index < -0.39 is 7.60 Å². The third-order valence-electron chi connectivity index (χ3n) is 6.08. The molecule has 0 N–H and O–H groups in total. The van der Waals surface area contributed by atoms with Gasteiger partial charge in [0, 0.05) is 10.4 Å². The van der Waals surface area contributed by atoms with Crippen molar-refractivity contribution >= 4 is 132 Å². The van der Waals surface area contributed by atoms with E-state index in [-0.39, 0.29) is 4.32 Å². The minimum Gasteiger partial charge on any atom is -0.307 e. The number of benzene rings is 3. The molecule has 0 aliphatic carbocycles. The monoisotopic (exact) mass is 684 g/mol. The fraction of sp³-hybridized carbons (Fsp3) is 0.259. The zero-order valence-electron chi connectivity index (χ0n) is 21.5. The molecule has 0 fully saturated rings. The standard InChI is InChI=1S/C27H25O3PS8/c1-5-29-31(28,30-6-2)27-38-25-26(39-27)37-22(36-25)20-17-13-9-7-11-15(17)19(16-12-8-10-14-18(16)20)21-34-23(32-3)24(33-4)35-21/h7-14,27H,5-6H2,1-4H3. The largest absolute Gasteiger partial charge is 0.354 e. The van der Waals surface area contributed by atoms with Gasteiger partial charge in [-0.25, -0.2) is 0 Å². The molecule has 204 valence electrons. The highest BCUT2D eigenvalue weighted by molar-refractivity contribution is 8.51. The molecule has 0 spiro atoms. The number of rotatable bonds is 7. The molecule has 0 unspecified atom stereocenters. The van der Waals surface area contributed by atoms with Crippen molar-refractivity contribution in [2.45, 2.75) is 18.2 Å². The van der Waals surface area contributed by atoms with E-state index in [1.54, 1.807) is 47.0 Å². The molecule has 0 amide bonds. The lowest BCUT2D eigenvalue weighted by Crippen LogP contribution is -2.16. The lowest BCUT2D eigenvalue weighted by molar-refractivity contribution is 0.223. The molecule has 0 saturated heterocycles. The first-order valence-electron chi connectivity index (χ1n) is 12.2. The first-order chi connectivity index (χ1) is 19.0. The summed E-state index contributed by atoms with van der Waals surface area (Å²) in [6, 6.07) is 17.7. The van der Waals surface area contributed by atoms with Crippen LogP contribution in [0.2, 0.25) is 0 Å². The van der Waals surface area contributed by atoms with Crippen molar-refractivity contribution < 1.29 is 13.6 Å². The topological polar surface area (TPSA) is 35.5 Å². The smallest absolute Gasteiger partial charge is 0.307 e. The minimum atomic E-state index is -3.19. The van der Waals surface area contributed by atoms with Gasteiger partial charge < -0.3 is 9.05 Å². The average molecular weight is 685 g/mol. The van der Waals surface area contributed by atoms with E-state index >= 15 is 0 Å². The summed E-state index contributed by atoms with van der Waals surface area (Å²) in [7, 11) is -3.19. The molecule has 3 nitrogen and oxygen atoms in total.